The van der Waals surface area contributed by atoms with Gasteiger partial charge in [0.2, 0.25) is 10.0 Å². The number of halogens is 2. The van der Waals surface area contributed by atoms with Crippen LogP contribution in [0.3, 0.4) is 0 Å². The molecule has 114 valence electrons. The number of carbonyl (C=O) groups is 1. The first-order valence-corrected chi connectivity index (χ1v) is 9.04. The highest BCUT2D eigenvalue weighted by molar-refractivity contribution is 9.10. The van der Waals surface area contributed by atoms with Crippen molar-refractivity contribution in [1.29, 1.82) is 0 Å². The third-order valence-corrected chi connectivity index (χ3v) is 4.31. The lowest BCUT2D eigenvalue weighted by molar-refractivity contribution is 0.0950. The predicted molar refractivity (Wildman–Crippen MR) is 86.2 cm³/mol. The molecule has 0 aliphatic heterocycles. The Kier molecular flexibility index (Phi) is 4.92. The van der Waals surface area contributed by atoms with Crippen molar-refractivity contribution >= 4 is 54.4 Å². The topological polar surface area (TPSA) is 91.1 Å². The normalized spacial score (nSPS) is 11.8. The number of rotatable bonds is 5. The molecule has 0 unspecified atom stereocenters. The summed E-state index contributed by atoms with van der Waals surface area (Å²) in [5.41, 5.74) is 1.01. The lowest BCUT2D eigenvalue weighted by Crippen LogP contribution is -2.34. The van der Waals surface area contributed by atoms with Crippen LogP contribution in [0.2, 0.25) is 5.02 Å². The van der Waals surface area contributed by atoms with Crippen molar-refractivity contribution in [3.8, 4) is 0 Å². The zero-order valence-electron chi connectivity index (χ0n) is 11.0. The molecule has 0 aliphatic carbocycles. The molecule has 1 aromatic heterocycles. The van der Waals surface area contributed by atoms with Gasteiger partial charge in [-0.1, -0.05) is 27.5 Å². The van der Waals surface area contributed by atoms with Crippen molar-refractivity contribution in [1.82, 2.24) is 15.0 Å². The zero-order valence-corrected chi connectivity index (χ0v) is 14.2. The van der Waals surface area contributed by atoms with Crippen molar-refractivity contribution in [3.05, 3.63) is 33.4 Å². The van der Waals surface area contributed by atoms with E-state index >= 15 is 0 Å². The van der Waals surface area contributed by atoms with E-state index in [4.69, 9.17) is 11.6 Å². The molecule has 0 fully saturated rings. The Labute approximate surface area is 135 Å². The van der Waals surface area contributed by atoms with E-state index in [-0.39, 0.29) is 24.7 Å². The Morgan fingerprint density at radius 3 is 2.76 bits per heavy atom. The van der Waals surface area contributed by atoms with Crippen LogP contribution in [0.25, 0.3) is 10.9 Å². The number of H-pyrrole nitrogens is 1. The highest BCUT2D eigenvalue weighted by Gasteiger charge is 2.16. The van der Waals surface area contributed by atoms with E-state index in [0.717, 1.165) is 21.6 Å². The average Bonchev–Trinajstić information content (AvgIpc) is 2.71. The van der Waals surface area contributed by atoms with Crippen molar-refractivity contribution in [2.24, 2.45) is 0 Å². The Hall–Kier alpha value is -1.09. The fourth-order valence-electron chi connectivity index (χ4n) is 1.79. The van der Waals surface area contributed by atoms with Crippen LogP contribution in [0.15, 0.2) is 22.7 Å². The van der Waals surface area contributed by atoms with Gasteiger partial charge in [0, 0.05) is 28.5 Å². The van der Waals surface area contributed by atoms with E-state index in [1.165, 1.54) is 0 Å². The molecule has 0 atom stereocenters. The Morgan fingerprint density at radius 1 is 1.38 bits per heavy atom. The first-order valence-electron chi connectivity index (χ1n) is 5.97. The first-order chi connectivity index (χ1) is 9.78. The van der Waals surface area contributed by atoms with Crippen molar-refractivity contribution < 1.29 is 13.2 Å². The number of hydrogen-bond donors (Lipinski definition) is 3. The van der Waals surface area contributed by atoms with Crippen LogP contribution < -0.4 is 10.0 Å². The van der Waals surface area contributed by atoms with Gasteiger partial charge in [0.15, 0.2) is 0 Å². The molecule has 1 heterocycles. The summed E-state index contributed by atoms with van der Waals surface area (Å²) >= 11 is 9.53. The molecule has 3 N–H and O–H groups in total. The summed E-state index contributed by atoms with van der Waals surface area (Å²) in [5, 5.41) is 3.67. The third-order valence-electron chi connectivity index (χ3n) is 2.70. The van der Waals surface area contributed by atoms with Gasteiger partial charge < -0.3 is 10.3 Å². The fourth-order valence-corrected chi connectivity index (χ4v) is 2.91. The monoisotopic (exact) mass is 393 g/mol. The van der Waals surface area contributed by atoms with Gasteiger partial charge in [0.25, 0.3) is 5.91 Å². The van der Waals surface area contributed by atoms with E-state index in [1.807, 2.05) is 18.2 Å². The zero-order chi connectivity index (χ0) is 15.6. The molecule has 9 heteroatoms. The minimum Gasteiger partial charge on any atom is -0.349 e. The summed E-state index contributed by atoms with van der Waals surface area (Å²) in [7, 11) is -3.26. The minimum absolute atomic E-state index is 0.119. The van der Waals surface area contributed by atoms with Gasteiger partial charge in [-0.3, -0.25) is 4.79 Å². The van der Waals surface area contributed by atoms with E-state index in [2.05, 4.69) is 31.0 Å². The number of aromatic amines is 1. The van der Waals surface area contributed by atoms with E-state index in [9.17, 15) is 13.2 Å². The Morgan fingerprint density at radius 2 is 2.10 bits per heavy atom. The molecule has 2 rings (SSSR count). The molecule has 0 saturated heterocycles. The summed E-state index contributed by atoms with van der Waals surface area (Å²) in [5.74, 6) is -0.386. The number of benzene rings is 1. The van der Waals surface area contributed by atoms with Gasteiger partial charge >= 0.3 is 0 Å². The van der Waals surface area contributed by atoms with E-state index in [1.54, 1.807) is 0 Å². The molecular formula is C12H13BrClN3O3S. The Bertz CT molecular complexity index is 788. The third kappa shape index (κ3) is 4.19. The number of sulfonamides is 1. The second-order valence-electron chi connectivity index (χ2n) is 4.43. The maximum Gasteiger partial charge on any atom is 0.269 e. The van der Waals surface area contributed by atoms with E-state index < -0.39 is 10.0 Å². The standard InChI is InChI=1S/C12H13BrClN3O3S/c1-21(19,20)16-5-4-15-12(18)11-10(14)8-6-7(13)2-3-9(8)17-11/h2-3,6,16-17H,4-5H2,1H3,(H,15,18). The lowest BCUT2D eigenvalue weighted by atomic mass is 10.2. The highest BCUT2D eigenvalue weighted by atomic mass is 79.9. The largest absolute Gasteiger partial charge is 0.349 e. The van der Waals surface area contributed by atoms with Crippen LogP contribution in [-0.2, 0) is 10.0 Å². The van der Waals surface area contributed by atoms with Gasteiger partial charge in [-0.05, 0) is 18.2 Å². The molecule has 6 nitrogen and oxygen atoms in total. The first kappa shape index (κ1) is 16.3. The summed E-state index contributed by atoms with van der Waals surface area (Å²) in [6.45, 7) is 0.287. The van der Waals surface area contributed by atoms with Crippen LogP contribution in [0.1, 0.15) is 10.5 Å². The Balaban J connectivity index is 2.08. The maximum absolute atomic E-state index is 12.0. The second kappa shape index (κ2) is 6.35. The number of fused-ring (bicyclic) bond motifs is 1. The molecular weight excluding hydrogens is 382 g/mol. The summed E-state index contributed by atoms with van der Waals surface area (Å²) in [6.07, 6.45) is 1.06. The predicted octanol–water partition coefficient (Wildman–Crippen LogP) is 1.86. The molecule has 0 spiro atoms. The molecule has 0 saturated carbocycles. The van der Waals surface area contributed by atoms with Crippen molar-refractivity contribution in [3.63, 3.8) is 0 Å². The van der Waals surface area contributed by atoms with Crippen LogP contribution in [0, 0.1) is 0 Å². The minimum atomic E-state index is -3.26. The van der Waals surface area contributed by atoms with E-state index in [0.29, 0.717) is 5.02 Å². The molecule has 0 bridgehead atoms. The maximum atomic E-state index is 12.0. The second-order valence-corrected chi connectivity index (χ2v) is 7.55. The quantitative estimate of drug-likeness (QED) is 0.676. The van der Waals surface area contributed by atoms with Crippen LogP contribution >= 0.6 is 27.5 Å². The van der Waals surface area contributed by atoms with Gasteiger partial charge in [-0.2, -0.15) is 0 Å². The summed E-state index contributed by atoms with van der Waals surface area (Å²) < 4.78 is 24.9. The van der Waals surface area contributed by atoms with Gasteiger partial charge in [-0.15, -0.1) is 0 Å². The SMILES string of the molecule is CS(=O)(=O)NCCNC(=O)c1[nH]c2ccc(Br)cc2c1Cl. The van der Waals surface area contributed by atoms with Crippen LogP contribution in [0.5, 0.6) is 0 Å². The number of aromatic nitrogens is 1. The van der Waals surface area contributed by atoms with Crippen LogP contribution in [-0.4, -0.2) is 38.7 Å². The lowest BCUT2D eigenvalue weighted by Gasteiger charge is -2.04. The van der Waals surface area contributed by atoms with Crippen molar-refractivity contribution in [2.45, 2.75) is 0 Å². The molecule has 0 radical (unpaired) electrons. The van der Waals surface area contributed by atoms with Crippen LogP contribution in [0.4, 0.5) is 0 Å². The number of hydrogen-bond acceptors (Lipinski definition) is 3. The molecule has 0 aliphatic rings. The van der Waals surface area contributed by atoms with Crippen molar-refractivity contribution in [2.75, 3.05) is 19.3 Å². The number of carbonyl (C=O) groups excluding carboxylic acids is 1. The summed E-state index contributed by atoms with van der Waals surface area (Å²) in [4.78, 5) is 15.0. The summed E-state index contributed by atoms with van der Waals surface area (Å²) in [6, 6.07) is 5.47. The van der Waals surface area contributed by atoms with Gasteiger partial charge in [0.05, 0.1) is 11.3 Å². The fraction of sp³-hybridized carbons (Fsp3) is 0.250. The van der Waals surface area contributed by atoms with Gasteiger partial charge in [0.1, 0.15) is 5.69 Å². The molecule has 2 aromatic rings. The smallest absolute Gasteiger partial charge is 0.269 e. The number of amides is 1. The molecule has 21 heavy (non-hydrogen) atoms. The molecule has 1 amide bonds. The number of nitrogens with one attached hydrogen (secondary N) is 3. The average molecular weight is 395 g/mol. The molecule has 1 aromatic carbocycles. The van der Waals surface area contributed by atoms with Gasteiger partial charge in [-0.25, -0.2) is 13.1 Å². The highest BCUT2D eigenvalue weighted by Crippen LogP contribution is 2.29.